The van der Waals surface area contributed by atoms with E-state index in [1.165, 1.54) is 5.69 Å². The molecule has 1 saturated heterocycles. The molecule has 3 rings (SSSR count). The predicted molar refractivity (Wildman–Crippen MR) is 97.6 cm³/mol. The maximum Gasteiger partial charge on any atom is 0.272 e. The molecule has 1 aliphatic rings. The van der Waals surface area contributed by atoms with Gasteiger partial charge in [0, 0.05) is 38.4 Å². The van der Waals surface area contributed by atoms with Gasteiger partial charge in [0.2, 0.25) is 0 Å². The summed E-state index contributed by atoms with van der Waals surface area (Å²) in [6.07, 6.45) is 2.80. The van der Waals surface area contributed by atoms with Gasteiger partial charge in [-0.25, -0.2) is 4.98 Å². The van der Waals surface area contributed by atoms with E-state index in [1.807, 2.05) is 35.2 Å². The zero-order valence-corrected chi connectivity index (χ0v) is 14.1. The lowest BCUT2D eigenvalue weighted by Crippen LogP contribution is -2.49. The van der Waals surface area contributed by atoms with Gasteiger partial charge in [-0.2, -0.15) is 0 Å². The number of nitrogens with one attached hydrogen (secondary N) is 1. The summed E-state index contributed by atoms with van der Waals surface area (Å²) in [5.41, 5.74) is 2.70. The second-order valence-electron chi connectivity index (χ2n) is 5.97. The summed E-state index contributed by atoms with van der Waals surface area (Å²) in [6.45, 7) is 6.19. The normalized spacial score (nSPS) is 14.5. The van der Waals surface area contributed by atoms with Crippen LogP contribution in [0.25, 0.3) is 0 Å². The number of carbonyl (C=O) groups is 1. The molecule has 2 heterocycles. The van der Waals surface area contributed by atoms with Gasteiger partial charge in [-0.1, -0.05) is 25.1 Å². The van der Waals surface area contributed by atoms with Crippen LogP contribution in [0.1, 0.15) is 23.8 Å². The van der Waals surface area contributed by atoms with Crippen LogP contribution in [0.4, 0.5) is 11.4 Å². The summed E-state index contributed by atoms with van der Waals surface area (Å²) >= 11 is 0. The van der Waals surface area contributed by atoms with Gasteiger partial charge in [-0.15, -0.1) is 0 Å². The lowest BCUT2D eigenvalue weighted by molar-refractivity contribution is 0.0741. The van der Waals surface area contributed by atoms with Gasteiger partial charge in [0.05, 0.1) is 11.9 Å². The zero-order chi connectivity index (χ0) is 16.8. The van der Waals surface area contributed by atoms with Crippen molar-refractivity contribution in [2.24, 2.45) is 0 Å². The third kappa shape index (κ3) is 3.85. The number of benzene rings is 1. The smallest absolute Gasteiger partial charge is 0.272 e. The molecule has 1 N–H and O–H groups in total. The fourth-order valence-corrected chi connectivity index (χ4v) is 2.86. The predicted octanol–water partition coefficient (Wildman–Crippen LogP) is 2.87. The number of anilines is 2. The number of nitrogens with zero attached hydrogens (tertiary/aromatic N) is 3. The van der Waals surface area contributed by atoms with E-state index in [1.54, 1.807) is 6.20 Å². The average molecular weight is 324 g/mol. The Labute approximate surface area is 143 Å². The standard InChI is InChI=1S/C19H24N4O/c1-2-10-20-16-8-9-18(21-15-16)19(24)23-13-11-22(12-14-23)17-6-4-3-5-7-17/h3-9,15,20H,2,10-14H2,1H3. The number of pyridine rings is 1. The van der Waals surface area contributed by atoms with Crippen LogP contribution in [0, 0.1) is 0 Å². The highest BCUT2D eigenvalue weighted by Crippen LogP contribution is 2.17. The fraction of sp³-hybridized carbons (Fsp3) is 0.368. The number of amides is 1. The first-order valence-electron chi connectivity index (χ1n) is 8.57. The first-order valence-corrected chi connectivity index (χ1v) is 8.57. The van der Waals surface area contributed by atoms with Crippen molar-refractivity contribution in [3.8, 4) is 0 Å². The number of hydrogen-bond donors (Lipinski definition) is 1. The van der Waals surface area contributed by atoms with Crippen molar-refractivity contribution < 1.29 is 4.79 Å². The molecule has 0 saturated carbocycles. The van der Waals surface area contributed by atoms with E-state index in [2.05, 4.69) is 34.3 Å². The maximum atomic E-state index is 12.6. The SMILES string of the molecule is CCCNc1ccc(C(=O)N2CCN(c3ccccc3)CC2)nc1. The third-order valence-corrected chi connectivity index (χ3v) is 4.25. The second kappa shape index (κ2) is 7.81. The number of rotatable bonds is 5. The van der Waals surface area contributed by atoms with E-state index in [0.717, 1.165) is 44.8 Å². The Morgan fingerprint density at radius 2 is 1.83 bits per heavy atom. The van der Waals surface area contributed by atoms with Crippen LogP contribution in [0.15, 0.2) is 48.7 Å². The van der Waals surface area contributed by atoms with Crippen molar-refractivity contribution in [3.63, 3.8) is 0 Å². The summed E-state index contributed by atoms with van der Waals surface area (Å²) in [5, 5.41) is 3.27. The number of carbonyl (C=O) groups excluding carboxylic acids is 1. The van der Waals surface area contributed by atoms with E-state index < -0.39 is 0 Å². The molecular formula is C19H24N4O. The number of aromatic nitrogens is 1. The minimum Gasteiger partial charge on any atom is -0.384 e. The topological polar surface area (TPSA) is 48.5 Å². The molecule has 5 nitrogen and oxygen atoms in total. The largest absolute Gasteiger partial charge is 0.384 e. The Kier molecular flexibility index (Phi) is 5.31. The van der Waals surface area contributed by atoms with E-state index in [-0.39, 0.29) is 5.91 Å². The van der Waals surface area contributed by atoms with E-state index in [9.17, 15) is 4.79 Å². The molecule has 24 heavy (non-hydrogen) atoms. The van der Waals surface area contributed by atoms with Gasteiger partial charge in [-0.3, -0.25) is 4.79 Å². The molecule has 1 fully saturated rings. The van der Waals surface area contributed by atoms with E-state index >= 15 is 0 Å². The third-order valence-electron chi connectivity index (χ3n) is 4.25. The lowest BCUT2D eigenvalue weighted by Gasteiger charge is -2.36. The van der Waals surface area contributed by atoms with E-state index in [4.69, 9.17) is 0 Å². The van der Waals surface area contributed by atoms with Crippen LogP contribution in [0.5, 0.6) is 0 Å². The van der Waals surface area contributed by atoms with Crippen LogP contribution in [0.2, 0.25) is 0 Å². The Hall–Kier alpha value is -2.56. The van der Waals surface area contributed by atoms with Gasteiger partial charge in [-0.05, 0) is 30.7 Å². The monoisotopic (exact) mass is 324 g/mol. The molecule has 0 aliphatic carbocycles. The highest BCUT2D eigenvalue weighted by atomic mass is 16.2. The van der Waals surface area contributed by atoms with Crippen molar-refractivity contribution in [1.82, 2.24) is 9.88 Å². The molecule has 0 radical (unpaired) electrons. The van der Waals surface area contributed by atoms with E-state index in [0.29, 0.717) is 5.69 Å². The highest BCUT2D eigenvalue weighted by molar-refractivity contribution is 5.92. The molecule has 1 amide bonds. The molecule has 2 aromatic rings. The Morgan fingerprint density at radius 1 is 1.08 bits per heavy atom. The van der Waals surface area contributed by atoms with Crippen LogP contribution in [0.3, 0.4) is 0 Å². The molecule has 5 heteroatoms. The van der Waals surface area contributed by atoms with Crippen molar-refractivity contribution in [2.45, 2.75) is 13.3 Å². The van der Waals surface area contributed by atoms with Crippen LogP contribution in [-0.4, -0.2) is 48.5 Å². The maximum absolute atomic E-state index is 12.6. The van der Waals surface area contributed by atoms with Crippen LogP contribution >= 0.6 is 0 Å². The molecule has 0 unspecified atom stereocenters. The van der Waals surface area contributed by atoms with Crippen LogP contribution < -0.4 is 10.2 Å². The minimum atomic E-state index is 0.0183. The summed E-state index contributed by atoms with van der Waals surface area (Å²) in [6, 6.07) is 14.1. The van der Waals surface area contributed by atoms with Crippen LogP contribution in [-0.2, 0) is 0 Å². The Balaban J connectivity index is 1.57. The molecule has 1 aromatic heterocycles. The highest BCUT2D eigenvalue weighted by Gasteiger charge is 2.22. The second-order valence-corrected chi connectivity index (χ2v) is 5.97. The first-order chi connectivity index (χ1) is 11.8. The van der Waals surface area contributed by atoms with Gasteiger partial charge in [0.25, 0.3) is 5.91 Å². The van der Waals surface area contributed by atoms with Crippen molar-refractivity contribution in [2.75, 3.05) is 42.9 Å². The molecule has 0 bridgehead atoms. The summed E-state index contributed by atoms with van der Waals surface area (Å²) in [5.74, 6) is 0.0183. The summed E-state index contributed by atoms with van der Waals surface area (Å²) in [4.78, 5) is 21.1. The van der Waals surface area contributed by atoms with Crippen molar-refractivity contribution in [3.05, 3.63) is 54.4 Å². The zero-order valence-electron chi connectivity index (χ0n) is 14.1. The molecule has 1 aliphatic heterocycles. The van der Waals surface area contributed by atoms with Crippen molar-refractivity contribution >= 4 is 17.3 Å². The summed E-state index contributed by atoms with van der Waals surface area (Å²) < 4.78 is 0. The number of piperazine rings is 1. The fourth-order valence-electron chi connectivity index (χ4n) is 2.86. The molecule has 126 valence electrons. The average Bonchev–Trinajstić information content (AvgIpc) is 2.67. The first kappa shape index (κ1) is 16.3. The molecule has 0 spiro atoms. The lowest BCUT2D eigenvalue weighted by atomic mass is 10.2. The van der Waals surface area contributed by atoms with Gasteiger partial charge in [0.15, 0.2) is 0 Å². The number of para-hydroxylation sites is 1. The quantitative estimate of drug-likeness (QED) is 0.919. The molecule has 1 aromatic carbocycles. The Morgan fingerprint density at radius 3 is 2.46 bits per heavy atom. The van der Waals surface area contributed by atoms with Gasteiger partial charge >= 0.3 is 0 Å². The molecule has 0 atom stereocenters. The van der Waals surface area contributed by atoms with Gasteiger partial charge in [0.1, 0.15) is 5.69 Å². The minimum absolute atomic E-state index is 0.0183. The van der Waals surface area contributed by atoms with Gasteiger partial charge < -0.3 is 15.1 Å². The Bertz CT molecular complexity index is 649. The number of hydrogen-bond acceptors (Lipinski definition) is 4. The summed E-state index contributed by atoms with van der Waals surface area (Å²) in [7, 11) is 0. The molecular weight excluding hydrogens is 300 g/mol. The van der Waals surface area contributed by atoms with Crippen molar-refractivity contribution in [1.29, 1.82) is 0 Å².